The lowest BCUT2D eigenvalue weighted by Gasteiger charge is -2.44. The maximum absolute atomic E-state index is 5.90. The van der Waals surface area contributed by atoms with Gasteiger partial charge in [-0.1, -0.05) is 0 Å². The molecule has 0 spiro atoms. The summed E-state index contributed by atoms with van der Waals surface area (Å²) in [4.78, 5) is 10.0. The molecule has 0 aromatic heterocycles. The van der Waals surface area contributed by atoms with Crippen LogP contribution in [-0.2, 0) is 4.74 Å². The van der Waals surface area contributed by atoms with Crippen LogP contribution in [0.1, 0.15) is 61.3 Å². The first-order valence-electron chi connectivity index (χ1n) is 10.9. The zero-order valence-corrected chi connectivity index (χ0v) is 21.5. The molecule has 166 valence electrons. The first-order chi connectivity index (χ1) is 12.7. The summed E-state index contributed by atoms with van der Waals surface area (Å²) in [6.07, 6.45) is 2.94. The van der Waals surface area contributed by atoms with Crippen LogP contribution < -0.4 is 10.6 Å². The summed E-state index contributed by atoms with van der Waals surface area (Å²) in [7, 11) is 0. The van der Waals surface area contributed by atoms with E-state index in [1.54, 1.807) is 0 Å². The van der Waals surface area contributed by atoms with Gasteiger partial charge in [0.15, 0.2) is 5.96 Å². The van der Waals surface area contributed by atoms with Crippen molar-refractivity contribution in [2.24, 2.45) is 4.99 Å². The van der Waals surface area contributed by atoms with E-state index in [9.17, 15) is 0 Å². The molecule has 0 amide bonds. The molecule has 7 heteroatoms. The number of nitrogens with one attached hydrogen (secondary N) is 2. The molecule has 0 aliphatic carbocycles. The van der Waals surface area contributed by atoms with E-state index in [2.05, 4.69) is 68.9 Å². The highest BCUT2D eigenvalue weighted by Crippen LogP contribution is 2.21. The summed E-state index contributed by atoms with van der Waals surface area (Å²) in [5.41, 5.74) is 0.0235. The van der Waals surface area contributed by atoms with E-state index >= 15 is 0 Å². The standard InChI is InChI=1S/C21H43N5O.HI/c1-8-22-20(24-19-9-11-25(12-10-19)16(2)3)23-15-21(6,7)26-13-17(4)27-18(5)14-26;/h16-19H,8-15H2,1-7H3,(H2,22,23,24);1H. The zero-order valence-electron chi connectivity index (χ0n) is 19.1. The molecule has 2 aliphatic rings. The number of halogens is 1. The maximum atomic E-state index is 5.90. The molecule has 0 saturated carbocycles. The molecule has 0 radical (unpaired) electrons. The van der Waals surface area contributed by atoms with E-state index in [0.29, 0.717) is 12.1 Å². The summed E-state index contributed by atoms with van der Waals surface area (Å²) in [6.45, 7) is 21.6. The molecule has 2 N–H and O–H groups in total. The number of morpholine rings is 1. The van der Waals surface area contributed by atoms with E-state index in [0.717, 1.165) is 32.1 Å². The summed E-state index contributed by atoms with van der Waals surface area (Å²) < 4.78 is 5.90. The monoisotopic (exact) mass is 509 g/mol. The molecule has 2 rings (SSSR count). The third-order valence-corrected chi connectivity index (χ3v) is 5.84. The van der Waals surface area contributed by atoms with Gasteiger partial charge < -0.3 is 20.3 Å². The van der Waals surface area contributed by atoms with Crippen molar-refractivity contribution in [3.63, 3.8) is 0 Å². The molecule has 0 bridgehead atoms. The van der Waals surface area contributed by atoms with Crippen LogP contribution >= 0.6 is 24.0 Å². The van der Waals surface area contributed by atoms with Gasteiger partial charge in [-0.2, -0.15) is 0 Å². The minimum absolute atomic E-state index is 0. The van der Waals surface area contributed by atoms with Crippen molar-refractivity contribution in [2.75, 3.05) is 39.3 Å². The van der Waals surface area contributed by atoms with Gasteiger partial charge in [0, 0.05) is 50.3 Å². The number of rotatable bonds is 6. The van der Waals surface area contributed by atoms with Crippen LogP contribution in [0.15, 0.2) is 4.99 Å². The minimum Gasteiger partial charge on any atom is -0.373 e. The molecule has 2 heterocycles. The predicted octanol–water partition coefficient (Wildman–Crippen LogP) is 2.92. The number of guanidine groups is 1. The molecular weight excluding hydrogens is 465 g/mol. The van der Waals surface area contributed by atoms with Crippen LogP contribution in [0.4, 0.5) is 0 Å². The number of likely N-dealkylation sites (tertiary alicyclic amines) is 1. The normalized spacial score (nSPS) is 26.2. The highest BCUT2D eigenvalue weighted by molar-refractivity contribution is 14.0. The predicted molar refractivity (Wildman–Crippen MR) is 130 cm³/mol. The van der Waals surface area contributed by atoms with Crippen molar-refractivity contribution >= 4 is 29.9 Å². The molecule has 2 saturated heterocycles. The van der Waals surface area contributed by atoms with Gasteiger partial charge in [-0.05, 0) is 61.3 Å². The molecular formula is C21H44IN5O. The zero-order chi connectivity index (χ0) is 20.0. The lowest BCUT2D eigenvalue weighted by atomic mass is 10.0. The average molecular weight is 510 g/mol. The van der Waals surface area contributed by atoms with Gasteiger partial charge in [0.05, 0.1) is 18.8 Å². The van der Waals surface area contributed by atoms with E-state index in [4.69, 9.17) is 9.73 Å². The third kappa shape index (κ3) is 7.95. The Morgan fingerprint density at radius 2 is 1.71 bits per heavy atom. The average Bonchev–Trinajstić information content (AvgIpc) is 2.59. The Kier molecular flexibility index (Phi) is 11.0. The van der Waals surface area contributed by atoms with Gasteiger partial charge >= 0.3 is 0 Å². The molecule has 2 aliphatic heterocycles. The Hall–Kier alpha value is -0.120. The topological polar surface area (TPSA) is 52.1 Å². The van der Waals surface area contributed by atoms with Crippen molar-refractivity contribution in [1.82, 2.24) is 20.4 Å². The van der Waals surface area contributed by atoms with Crippen LogP contribution in [0.25, 0.3) is 0 Å². The fourth-order valence-corrected chi connectivity index (χ4v) is 4.12. The van der Waals surface area contributed by atoms with Gasteiger partial charge in [-0.15, -0.1) is 24.0 Å². The number of nitrogens with zero attached hydrogens (tertiary/aromatic N) is 3. The Morgan fingerprint density at radius 1 is 1.14 bits per heavy atom. The molecule has 28 heavy (non-hydrogen) atoms. The number of aliphatic imine (C=N–C) groups is 1. The van der Waals surface area contributed by atoms with Crippen molar-refractivity contribution < 1.29 is 4.74 Å². The summed E-state index contributed by atoms with van der Waals surface area (Å²) in [6, 6.07) is 1.16. The van der Waals surface area contributed by atoms with Crippen LogP contribution in [0.2, 0.25) is 0 Å². The molecule has 0 aromatic carbocycles. The molecule has 0 aromatic rings. The van der Waals surface area contributed by atoms with E-state index in [-0.39, 0.29) is 41.7 Å². The van der Waals surface area contributed by atoms with Crippen molar-refractivity contribution in [3.8, 4) is 0 Å². The summed E-state index contributed by atoms with van der Waals surface area (Å²) >= 11 is 0. The molecule has 2 unspecified atom stereocenters. The minimum atomic E-state index is 0. The van der Waals surface area contributed by atoms with Crippen LogP contribution in [-0.4, -0.2) is 84.9 Å². The molecule has 6 nitrogen and oxygen atoms in total. The van der Waals surface area contributed by atoms with Crippen LogP contribution in [0.3, 0.4) is 0 Å². The number of piperidine rings is 1. The Balaban J connectivity index is 0.00000392. The second kappa shape index (κ2) is 11.9. The quantitative estimate of drug-likeness (QED) is 0.328. The van der Waals surface area contributed by atoms with Gasteiger partial charge in [0.1, 0.15) is 0 Å². The summed E-state index contributed by atoms with van der Waals surface area (Å²) in [5.74, 6) is 0.961. The summed E-state index contributed by atoms with van der Waals surface area (Å²) in [5, 5.41) is 7.12. The first kappa shape index (κ1) is 25.9. The van der Waals surface area contributed by atoms with E-state index < -0.39 is 0 Å². The maximum Gasteiger partial charge on any atom is 0.191 e. The van der Waals surface area contributed by atoms with Crippen molar-refractivity contribution in [2.45, 2.75) is 91.1 Å². The Morgan fingerprint density at radius 3 is 2.21 bits per heavy atom. The number of hydrogen-bond donors (Lipinski definition) is 2. The van der Waals surface area contributed by atoms with Gasteiger partial charge in [-0.25, -0.2) is 0 Å². The number of ether oxygens (including phenoxy) is 1. The highest BCUT2D eigenvalue weighted by atomic mass is 127. The molecule has 2 atom stereocenters. The Bertz CT molecular complexity index is 467. The van der Waals surface area contributed by atoms with Crippen molar-refractivity contribution in [1.29, 1.82) is 0 Å². The number of hydrogen-bond acceptors (Lipinski definition) is 4. The van der Waals surface area contributed by atoms with E-state index in [1.807, 2.05) is 0 Å². The second-order valence-electron chi connectivity index (χ2n) is 9.22. The van der Waals surface area contributed by atoms with Crippen LogP contribution in [0, 0.1) is 0 Å². The highest BCUT2D eigenvalue weighted by Gasteiger charge is 2.33. The fraction of sp³-hybridized carbons (Fsp3) is 0.952. The third-order valence-electron chi connectivity index (χ3n) is 5.84. The first-order valence-corrected chi connectivity index (χ1v) is 10.9. The lowest BCUT2D eigenvalue weighted by molar-refractivity contribution is -0.0939. The second-order valence-corrected chi connectivity index (χ2v) is 9.22. The van der Waals surface area contributed by atoms with Crippen molar-refractivity contribution in [3.05, 3.63) is 0 Å². The largest absolute Gasteiger partial charge is 0.373 e. The van der Waals surface area contributed by atoms with Gasteiger partial charge in [0.25, 0.3) is 0 Å². The smallest absolute Gasteiger partial charge is 0.191 e. The van der Waals surface area contributed by atoms with E-state index in [1.165, 1.54) is 25.9 Å². The Labute approximate surface area is 190 Å². The fourth-order valence-electron chi connectivity index (χ4n) is 4.12. The van der Waals surface area contributed by atoms with Crippen LogP contribution in [0.5, 0.6) is 0 Å². The molecule has 2 fully saturated rings. The lowest BCUT2D eigenvalue weighted by Crippen LogP contribution is -2.56. The van der Waals surface area contributed by atoms with Gasteiger partial charge in [-0.3, -0.25) is 9.89 Å². The van der Waals surface area contributed by atoms with Gasteiger partial charge in [0.2, 0.25) is 0 Å². The SMILES string of the molecule is CCNC(=NCC(C)(C)N1CC(C)OC(C)C1)NC1CCN(C(C)C)CC1.I.